The summed E-state index contributed by atoms with van der Waals surface area (Å²) in [6.45, 7) is 1.84. The van der Waals surface area contributed by atoms with Crippen LogP contribution in [0.5, 0.6) is 0 Å². The SMILES string of the molecule is Clc1cccc(NCCNC2CC2)c1Cl. The zero-order valence-corrected chi connectivity index (χ0v) is 9.91. The maximum absolute atomic E-state index is 6.03. The van der Waals surface area contributed by atoms with Crippen LogP contribution in [-0.2, 0) is 0 Å². The van der Waals surface area contributed by atoms with E-state index in [0.29, 0.717) is 10.0 Å². The predicted molar refractivity (Wildman–Crippen MR) is 66.0 cm³/mol. The summed E-state index contributed by atoms with van der Waals surface area (Å²) >= 11 is 11.9. The van der Waals surface area contributed by atoms with E-state index in [1.54, 1.807) is 6.07 Å². The van der Waals surface area contributed by atoms with Crippen molar-refractivity contribution >= 4 is 28.9 Å². The van der Waals surface area contributed by atoms with Gasteiger partial charge in [-0.2, -0.15) is 0 Å². The van der Waals surface area contributed by atoms with Crippen LogP contribution in [0.2, 0.25) is 10.0 Å². The first-order chi connectivity index (χ1) is 7.27. The molecular weight excluding hydrogens is 231 g/mol. The highest BCUT2D eigenvalue weighted by Gasteiger charge is 2.19. The molecule has 15 heavy (non-hydrogen) atoms. The Labute approximate surface area is 100.0 Å². The monoisotopic (exact) mass is 244 g/mol. The van der Waals surface area contributed by atoms with Gasteiger partial charge in [-0.15, -0.1) is 0 Å². The molecule has 0 aliphatic heterocycles. The van der Waals surface area contributed by atoms with Gasteiger partial charge in [-0.3, -0.25) is 0 Å². The Hall–Kier alpha value is -0.440. The molecule has 2 N–H and O–H groups in total. The molecule has 82 valence electrons. The van der Waals surface area contributed by atoms with Crippen molar-refractivity contribution in [1.29, 1.82) is 0 Å². The molecule has 0 atom stereocenters. The summed E-state index contributed by atoms with van der Waals surface area (Å²) in [5, 5.41) is 7.88. The molecule has 0 heterocycles. The third-order valence-electron chi connectivity index (χ3n) is 2.40. The van der Waals surface area contributed by atoms with E-state index in [0.717, 1.165) is 24.8 Å². The highest BCUT2D eigenvalue weighted by molar-refractivity contribution is 6.43. The van der Waals surface area contributed by atoms with E-state index in [-0.39, 0.29) is 0 Å². The van der Waals surface area contributed by atoms with Crippen molar-refractivity contribution in [2.75, 3.05) is 18.4 Å². The number of halogens is 2. The van der Waals surface area contributed by atoms with Gasteiger partial charge in [0.1, 0.15) is 0 Å². The van der Waals surface area contributed by atoms with E-state index in [9.17, 15) is 0 Å². The third kappa shape index (κ3) is 3.26. The average Bonchev–Trinajstić information content (AvgIpc) is 3.02. The second-order valence-corrected chi connectivity index (χ2v) is 4.54. The highest BCUT2D eigenvalue weighted by atomic mass is 35.5. The molecule has 0 saturated heterocycles. The van der Waals surface area contributed by atoms with Crippen molar-refractivity contribution in [3.05, 3.63) is 28.2 Å². The van der Waals surface area contributed by atoms with Crippen LogP contribution in [-0.4, -0.2) is 19.1 Å². The largest absolute Gasteiger partial charge is 0.383 e. The van der Waals surface area contributed by atoms with Crippen molar-refractivity contribution in [3.8, 4) is 0 Å². The second-order valence-electron chi connectivity index (χ2n) is 3.76. The van der Waals surface area contributed by atoms with Gasteiger partial charge in [0.25, 0.3) is 0 Å². The maximum atomic E-state index is 6.03. The number of anilines is 1. The summed E-state index contributed by atoms with van der Waals surface area (Å²) in [7, 11) is 0. The first-order valence-electron chi connectivity index (χ1n) is 5.18. The minimum absolute atomic E-state index is 0.594. The highest BCUT2D eigenvalue weighted by Crippen LogP contribution is 2.29. The zero-order valence-electron chi connectivity index (χ0n) is 8.39. The molecule has 1 fully saturated rings. The van der Waals surface area contributed by atoms with Gasteiger partial charge in [-0.25, -0.2) is 0 Å². The molecule has 0 spiro atoms. The second kappa shape index (κ2) is 5.06. The maximum Gasteiger partial charge on any atom is 0.0823 e. The van der Waals surface area contributed by atoms with Gasteiger partial charge in [0, 0.05) is 19.1 Å². The topological polar surface area (TPSA) is 24.1 Å². The van der Waals surface area contributed by atoms with Crippen LogP contribution in [0.25, 0.3) is 0 Å². The molecule has 0 bridgehead atoms. The van der Waals surface area contributed by atoms with Crippen LogP contribution in [0.1, 0.15) is 12.8 Å². The standard InChI is InChI=1S/C11H14Cl2N2/c12-9-2-1-3-10(11(9)13)15-7-6-14-8-4-5-8/h1-3,8,14-15H,4-7H2. The molecule has 4 heteroatoms. The molecule has 1 aromatic carbocycles. The van der Waals surface area contributed by atoms with Crippen molar-refractivity contribution in [3.63, 3.8) is 0 Å². The van der Waals surface area contributed by atoms with Crippen molar-refractivity contribution in [1.82, 2.24) is 5.32 Å². The number of rotatable bonds is 5. The van der Waals surface area contributed by atoms with E-state index >= 15 is 0 Å². The fraction of sp³-hybridized carbons (Fsp3) is 0.455. The quantitative estimate of drug-likeness (QED) is 0.778. The summed E-state index contributed by atoms with van der Waals surface area (Å²) < 4.78 is 0. The summed E-state index contributed by atoms with van der Waals surface area (Å²) in [5.41, 5.74) is 0.904. The van der Waals surface area contributed by atoms with Gasteiger partial charge in [0.15, 0.2) is 0 Å². The smallest absolute Gasteiger partial charge is 0.0823 e. The van der Waals surface area contributed by atoms with Crippen molar-refractivity contribution in [2.45, 2.75) is 18.9 Å². The minimum Gasteiger partial charge on any atom is -0.383 e. The van der Waals surface area contributed by atoms with Gasteiger partial charge in [-0.1, -0.05) is 29.3 Å². The fourth-order valence-electron chi connectivity index (χ4n) is 1.40. The first kappa shape index (κ1) is 11.1. The molecule has 0 unspecified atom stereocenters. The summed E-state index contributed by atoms with van der Waals surface area (Å²) in [6, 6.07) is 6.37. The lowest BCUT2D eigenvalue weighted by Gasteiger charge is -2.09. The van der Waals surface area contributed by atoms with Crippen LogP contribution in [0.15, 0.2) is 18.2 Å². The lowest BCUT2D eigenvalue weighted by molar-refractivity contribution is 0.701. The predicted octanol–water partition coefficient (Wildman–Crippen LogP) is 3.16. The van der Waals surface area contributed by atoms with Crippen LogP contribution in [0.3, 0.4) is 0 Å². The molecule has 1 aliphatic rings. The van der Waals surface area contributed by atoms with Gasteiger partial charge < -0.3 is 10.6 Å². The van der Waals surface area contributed by atoms with Gasteiger partial charge in [-0.05, 0) is 25.0 Å². The van der Waals surface area contributed by atoms with E-state index in [2.05, 4.69) is 10.6 Å². The molecular formula is C11H14Cl2N2. The number of hydrogen-bond donors (Lipinski definition) is 2. The number of hydrogen-bond acceptors (Lipinski definition) is 2. The van der Waals surface area contributed by atoms with Crippen LogP contribution >= 0.6 is 23.2 Å². The average molecular weight is 245 g/mol. The third-order valence-corrected chi connectivity index (χ3v) is 3.22. The fourth-order valence-corrected chi connectivity index (χ4v) is 1.77. The lowest BCUT2D eigenvalue weighted by Crippen LogP contribution is -2.23. The Morgan fingerprint density at radius 1 is 1.20 bits per heavy atom. The summed E-state index contributed by atoms with van der Waals surface area (Å²) in [6.07, 6.45) is 2.63. The zero-order chi connectivity index (χ0) is 10.7. The molecule has 2 rings (SSSR count). The van der Waals surface area contributed by atoms with E-state index in [4.69, 9.17) is 23.2 Å². The van der Waals surface area contributed by atoms with E-state index in [1.807, 2.05) is 12.1 Å². The van der Waals surface area contributed by atoms with Crippen LogP contribution < -0.4 is 10.6 Å². The molecule has 2 nitrogen and oxygen atoms in total. The molecule has 0 amide bonds. The van der Waals surface area contributed by atoms with Crippen molar-refractivity contribution in [2.24, 2.45) is 0 Å². The van der Waals surface area contributed by atoms with Crippen LogP contribution in [0.4, 0.5) is 5.69 Å². The molecule has 0 aromatic heterocycles. The normalized spacial score (nSPS) is 15.3. The van der Waals surface area contributed by atoms with Crippen LogP contribution in [0, 0.1) is 0 Å². The van der Waals surface area contributed by atoms with E-state index < -0.39 is 0 Å². The van der Waals surface area contributed by atoms with Gasteiger partial charge >= 0.3 is 0 Å². The lowest BCUT2D eigenvalue weighted by atomic mass is 10.3. The Morgan fingerprint density at radius 2 is 2.00 bits per heavy atom. The molecule has 1 aromatic rings. The molecule has 0 radical (unpaired) electrons. The van der Waals surface area contributed by atoms with E-state index in [1.165, 1.54) is 12.8 Å². The Balaban J connectivity index is 1.78. The Morgan fingerprint density at radius 3 is 2.73 bits per heavy atom. The minimum atomic E-state index is 0.594. The van der Waals surface area contributed by atoms with Gasteiger partial charge in [0.05, 0.1) is 15.7 Å². The number of nitrogens with one attached hydrogen (secondary N) is 2. The van der Waals surface area contributed by atoms with Gasteiger partial charge in [0.2, 0.25) is 0 Å². The summed E-state index contributed by atoms with van der Waals surface area (Å²) in [4.78, 5) is 0. The first-order valence-corrected chi connectivity index (χ1v) is 5.94. The Kier molecular flexibility index (Phi) is 3.73. The molecule has 1 saturated carbocycles. The Bertz CT molecular complexity index is 337. The van der Waals surface area contributed by atoms with Crippen molar-refractivity contribution < 1.29 is 0 Å². The summed E-state index contributed by atoms with van der Waals surface area (Å²) in [5.74, 6) is 0. The molecule has 1 aliphatic carbocycles. The number of benzene rings is 1.